The number of rotatable bonds is 5. The summed E-state index contributed by atoms with van der Waals surface area (Å²) in [5, 5.41) is 0. The highest BCUT2D eigenvalue weighted by Gasteiger charge is 2.39. The van der Waals surface area contributed by atoms with Crippen LogP contribution >= 0.6 is 11.3 Å². The second kappa shape index (κ2) is 9.21. The first kappa shape index (κ1) is 22.2. The molecule has 0 saturated heterocycles. The van der Waals surface area contributed by atoms with Crippen molar-refractivity contribution >= 4 is 40.7 Å². The third-order valence-corrected chi connectivity index (χ3v) is 6.16. The average Bonchev–Trinajstić information content (AvgIpc) is 3.15. The normalized spacial score (nSPS) is 15.9. The second-order valence-electron chi connectivity index (χ2n) is 6.99. The molecule has 3 aromatic rings. The number of esters is 2. The first-order valence-electron chi connectivity index (χ1n) is 10.0. The summed E-state index contributed by atoms with van der Waals surface area (Å²) in [4.78, 5) is 47.5. The van der Waals surface area contributed by atoms with Gasteiger partial charge in [0, 0.05) is 24.8 Å². The second-order valence-corrected chi connectivity index (χ2v) is 8.02. The molecule has 0 radical (unpaired) electrons. The standard InChI is InChI=1S/C23H20N4O5S/c1-3-32-23(30)17-16(14-7-5-9-26-12-14)18(22(29)31-2)21-27(19(17)24)20(28)15(33-21)10-13-6-4-8-25-11-13/h4-12,16H,3,24H2,1-2H3/b15-10+/t16-/m0/s1. The van der Waals surface area contributed by atoms with E-state index in [-0.39, 0.29) is 28.2 Å². The Kier molecular flexibility index (Phi) is 6.18. The number of hydrogen-bond acceptors (Lipinski definition) is 9. The van der Waals surface area contributed by atoms with Gasteiger partial charge < -0.3 is 15.2 Å². The Hall–Kier alpha value is -4.05. The molecule has 0 saturated carbocycles. The first-order chi connectivity index (χ1) is 16.0. The third-order valence-electron chi connectivity index (χ3n) is 5.05. The van der Waals surface area contributed by atoms with Crippen molar-refractivity contribution in [1.82, 2.24) is 14.5 Å². The lowest BCUT2D eigenvalue weighted by molar-refractivity contribution is -0.138. The van der Waals surface area contributed by atoms with Gasteiger partial charge in [0.25, 0.3) is 5.56 Å². The van der Waals surface area contributed by atoms with Gasteiger partial charge in [-0.15, -0.1) is 11.3 Å². The van der Waals surface area contributed by atoms with E-state index in [9.17, 15) is 14.4 Å². The van der Waals surface area contributed by atoms with Gasteiger partial charge in [0.15, 0.2) is 0 Å². The maximum atomic E-state index is 13.3. The van der Waals surface area contributed by atoms with E-state index < -0.39 is 23.4 Å². The van der Waals surface area contributed by atoms with E-state index in [0.29, 0.717) is 15.7 Å². The lowest BCUT2D eigenvalue weighted by Gasteiger charge is -2.26. The van der Waals surface area contributed by atoms with Gasteiger partial charge in [0.1, 0.15) is 10.5 Å². The zero-order chi connectivity index (χ0) is 23.5. The molecular formula is C23H20N4O5S. The molecule has 4 heterocycles. The fraction of sp³-hybridized carbons (Fsp3) is 0.174. The summed E-state index contributed by atoms with van der Waals surface area (Å²) < 4.78 is 12.0. The van der Waals surface area contributed by atoms with Crippen LogP contribution in [0.1, 0.15) is 24.0 Å². The quantitative estimate of drug-likeness (QED) is 0.536. The van der Waals surface area contributed by atoms with Gasteiger partial charge >= 0.3 is 11.9 Å². The zero-order valence-corrected chi connectivity index (χ0v) is 18.7. The largest absolute Gasteiger partial charge is 0.466 e. The van der Waals surface area contributed by atoms with Crippen LogP contribution in [0.2, 0.25) is 0 Å². The highest BCUT2D eigenvalue weighted by atomic mass is 32.1. The van der Waals surface area contributed by atoms with Crippen LogP contribution in [0.4, 0.5) is 0 Å². The number of carbonyl (C=O) groups excluding carboxylic acids is 2. The van der Waals surface area contributed by atoms with E-state index in [1.807, 2.05) is 0 Å². The molecule has 1 aliphatic heterocycles. The summed E-state index contributed by atoms with van der Waals surface area (Å²) >= 11 is 1.08. The predicted molar refractivity (Wildman–Crippen MR) is 122 cm³/mol. The van der Waals surface area contributed by atoms with Crippen LogP contribution in [0.3, 0.4) is 0 Å². The van der Waals surface area contributed by atoms with Crippen molar-refractivity contribution in [2.75, 3.05) is 13.7 Å². The summed E-state index contributed by atoms with van der Waals surface area (Å²) in [5.41, 5.74) is 7.25. The van der Waals surface area contributed by atoms with E-state index >= 15 is 0 Å². The van der Waals surface area contributed by atoms with Gasteiger partial charge in [-0.1, -0.05) is 12.1 Å². The number of hydrogen-bond donors (Lipinski definition) is 1. The van der Waals surface area contributed by atoms with Gasteiger partial charge in [0.05, 0.1) is 35.3 Å². The molecule has 3 aromatic heterocycles. The first-order valence-corrected chi connectivity index (χ1v) is 10.8. The average molecular weight is 465 g/mol. The molecule has 1 atom stereocenters. The topological polar surface area (TPSA) is 126 Å². The number of ether oxygens (including phenoxy) is 2. The monoisotopic (exact) mass is 464 g/mol. The van der Waals surface area contributed by atoms with Crippen LogP contribution in [0.15, 0.2) is 59.4 Å². The number of nitrogens with zero attached hydrogens (tertiary/aromatic N) is 3. The number of aromatic nitrogens is 3. The number of thiazole rings is 1. The number of fused-ring (bicyclic) bond motifs is 1. The van der Waals surface area contributed by atoms with Crippen LogP contribution in [-0.4, -0.2) is 40.2 Å². The van der Waals surface area contributed by atoms with E-state index in [1.165, 1.54) is 13.3 Å². The van der Waals surface area contributed by atoms with E-state index in [1.54, 1.807) is 55.9 Å². The fourth-order valence-corrected chi connectivity index (χ4v) is 4.82. The van der Waals surface area contributed by atoms with Crippen molar-refractivity contribution in [3.63, 3.8) is 0 Å². The lowest BCUT2D eigenvalue weighted by Crippen LogP contribution is -2.41. The van der Waals surface area contributed by atoms with Crippen LogP contribution in [0, 0.1) is 0 Å². The molecule has 1 aliphatic rings. The van der Waals surface area contributed by atoms with Gasteiger partial charge in [-0.05, 0) is 36.3 Å². The Morgan fingerprint density at radius 3 is 2.48 bits per heavy atom. The van der Waals surface area contributed by atoms with Crippen LogP contribution < -0.4 is 20.5 Å². The number of carbonyl (C=O) groups is 2. The maximum Gasteiger partial charge on any atom is 0.338 e. The van der Waals surface area contributed by atoms with Crippen LogP contribution in [-0.2, 0) is 19.1 Å². The molecule has 0 spiro atoms. The third kappa shape index (κ3) is 3.96. The van der Waals surface area contributed by atoms with E-state index in [2.05, 4.69) is 9.97 Å². The number of methoxy groups -OCH3 is 1. The molecule has 168 valence electrons. The van der Waals surface area contributed by atoms with Crippen molar-refractivity contribution < 1.29 is 19.1 Å². The Bertz CT molecular complexity index is 1420. The molecule has 10 heteroatoms. The highest BCUT2D eigenvalue weighted by Crippen LogP contribution is 2.37. The molecule has 4 rings (SSSR count). The molecule has 9 nitrogen and oxygen atoms in total. The summed E-state index contributed by atoms with van der Waals surface area (Å²) in [6.07, 6.45) is 7.98. The molecular weight excluding hydrogens is 444 g/mol. The molecule has 0 aromatic carbocycles. The molecule has 0 bridgehead atoms. The summed E-state index contributed by atoms with van der Waals surface area (Å²) in [6, 6.07) is 6.94. The minimum atomic E-state index is -0.922. The van der Waals surface area contributed by atoms with Gasteiger partial charge in [-0.2, -0.15) is 0 Å². The smallest absolute Gasteiger partial charge is 0.338 e. The van der Waals surface area contributed by atoms with Crippen LogP contribution in [0.5, 0.6) is 0 Å². The summed E-state index contributed by atoms with van der Waals surface area (Å²) in [5.74, 6) is -2.44. The molecule has 0 aliphatic carbocycles. The molecule has 33 heavy (non-hydrogen) atoms. The van der Waals surface area contributed by atoms with Gasteiger partial charge in [0.2, 0.25) is 0 Å². The van der Waals surface area contributed by atoms with Crippen molar-refractivity contribution in [3.05, 3.63) is 85.3 Å². The van der Waals surface area contributed by atoms with Crippen molar-refractivity contribution in [3.8, 4) is 0 Å². The van der Waals surface area contributed by atoms with Gasteiger partial charge in [-0.25, -0.2) is 9.59 Å². The minimum absolute atomic E-state index is 0.0226. The van der Waals surface area contributed by atoms with Gasteiger partial charge in [-0.3, -0.25) is 19.3 Å². The molecule has 2 N–H and O–H groups in total. The Morgan fingerprint density at radius 1 is 1.15 bits per heavy atom. The molecule has 0 amide bonds. The highest BCUT2D eigenvalue weighted by molar-refractivity contribution is 7.07. The number of pyridine rings is 2. The zero-order valence-electron chi connectivity index (χ0n) is 17.8. The summed E-state index contributed by atoms with van der Waals surface area (Å²) in [6.45, 7) is 1.75. The van der Waals surface area contributed by atoms with Crippen molar-refractivity contribution in [2.24, 2.45) is 5.73 Å². The van der Waals surface area contributed by atoms with Crippen molar-refractivity contribution in [2.45, 2.75) is 12.8 Å². The fourth-order valence-electron chi connectivity index (χ4n) is 3.66. The Balaban J connectivity index is 2.12. The molecule has 0 unspecified atom stereocenters. The Labute approximate surface area is 192 Å². The lowest BCUT2D eigenvalue weighted by atomic mass is 9.84. The van der Waals surface area contributed by atoms with Crippen molar-refractivity contribution in [1.29, 1.82) is 0 Å². The maximum absolute atomic E-state index is 13.3. The molecule has 0 fully saturated rings. The summed E-state index contributed by atoms with van der Waals surface area (Å²) in [7, 11) is 1.24. The van der Waals surface area contributed by atoms with E-state index in [4.69, 9.17) is 15.2 Å². The predicted octanol–water partition coefficient (Wildman–Crippen LogP) is 0.340. The Morgan fingerprint density at radius 2 is 1.88 bits per heavy atom. The minimum Gasteiger partial charge on any atom is -0.466 e. The van der Waals surface area contributed by atoms with Crippen LogP contribution in [0.25, 0.3) is 17.5 Å². The SMILES string of the molecule is CCOC(=O)C1=C(N)n2c(s/c(=C/c3cccnc3)c2=O)=C(C(=O)OC)[C@H]1c1cccnc1. The number of nitrogens with two attached hydrogens (primary N) is 1. The van der Waals surface area contributed by atoms with E-state index in [0.717, 1.165) is 15.9 Å².